The summed E-state index contributed by atoms with van der Waals surface area (Å²) < 4.78 is 0. The zero-order chi connectivity index (χ0) is 18.1. The van der Waals surface area contributed by atoms with Gasteiger partial charge in [-0.25, -0.2) is 9.97 Å². The highest BCUT2D eigenvalue weighted by atomic mass is 16.2. The van der Waals surface area contributed by atoms with Crippen LogP contribution in [0.3, 0.4) is 0 Å². The highest BCUT2D eigenvalue weighted by Gasteiger charge is 2.22. The Morgan fingerprint density at radius 3 is 2.65 bits per heavy atom. The lowest BCUT2D eigenvalue weighted by Crippen LogP contribution is -2.44. The number of fused-ring (bicyclic) bond motifs is 1. The molecule has 0 aliphatic carbocycles. The molecule has 1 saturated heterocycles. The number of piperazine rings is 1. The van der Waals surface area contributed by atoms with E-state index in [1.807, 2.05) is 24.5 Å². The third-order valence-corrected chi connectivity index (χ3v) is 5.07. The first-order valence-corrected chi connectivity index (χ1v) is 9.04. The van der Waals surface area contributed by atoms with E-state index >= 15 is 0 Å². The van der Waals surface area contributed by atoms with Crippen molar-refractivity contribution in [1.82, 2.24) is 14.9 Å². The quantitative estimate of drug-likeness (QED) is 0.887. The molecule has 2 aliphatic rings. The summed E-state index contributed by atoms with van der Waals surface area (Å²) in [5.74, 6) is 1.80. The fraction of sp³-hybridized carbons (Fsp3) is 0.421. The first kappa shape index (κ1) is 16.8. The Balaban J connectivity index is 1.65. The maximum atomic E-state index is 11.9. The number of nitrogens with zero attached hydrogens (tertiary/aromatic N) is 5. The molecule has 0 unspecified atom stereocenters. The number of carbonyl (C=O) groups excluding carboxylic acids is 1. The van der Waals surface area contributed by atoms with Gasteiger partial charge in [0, 0.05) is 64.1 Å². The van der Waals surface area contributed by atoms with Crippen molar-refractivity contribution in [2.45, 2.75) is 6.92 Å². The summed E-state index contributed by atoms with van der Waals surface area (Å²) >= 11 is 0. The maximum absolute atomic E-state index is 11.9. The van der Waals surface area contributed by atoms with E-state index in [2.05, 4.69) is 38.2 Å². The standard InChI is InChI=1S/C19H24N6O/c1-14(26)25-6-5-21-19-17(25)11-16(13-22-19)15-3-4-20-18(12-15)24-9-7-23(2)8-10-24/h3-4,11-13H,5-10H2,1-2H3,(H,21,22). The molecular weight excluding hydrogens is 328 g/mol. The fourth-order valence-electron chi connectivity index (χ4n) is 3.49. The van der Waals surface area contributed by atoms with Gasteiger partial charge in [0.05, 0.1) is 5.69 Å². The minimum atomic E-state index is 0.0413. The van der Waals surface area contributed by atoms with Crippen molar-refractivity contribution in [2.24, 2.45) is 0 Å². The number of amides is 1. The summed E-state index contributed by atoms with van der Waals surface area (Å²) in [6, 6.07) is 6.15. The van der Waals surface area contributed by atoms with Gasteiger partial charge < -0.3 is 20.0 Å². The molecule has 2 aromatic rings. The van der Waals surface area contributed by atoms with Crippen LogP contribution >= 0.6 is 0 Å². The molecule has 0 atom stereocenters. The van der Waals surface area contributed by atoms with Crippen LogP contribution in [0.4, 0.5) is 17.3 Å². The van der Waals surface area contributed by atoms with Crippen LogP contribution in [-0.4, -0.2) is 67.1 Å². The van der Waals surface area contributed by atoms with Gasteiger partial charge in [-0.05, 0) is 30.8 Å². The first-order chi connectivity index (χ1) is 12.6. The monoisotopic (exact) mass is 352 g/mol. The number of nitrogens with one attached hydrogen (secondary N) is 1. The largest absolute Gasteiger partial charge is 0.367 e. The number of hydrogen-bond acceptors (Lipinski definition) is 6. The molecular formula is C19H24N6O. The molecule has 1 fully saturated rings. The molecule has 1 amide bonds. The topological polar surface area (TPSA) is 64.6 Å². The second-order valence-corrected chi connectivity index (χ2v) is 6.88. The average Bonchev–Trinajstić information content (AvgIpc) is 2.67. The normalized spacial score (nSPS) is 17.6. The van der Waals surface area contributed by atoms with Gasteiger partial charge in [-0.15, -0.1) is 0 Å². The Kier molecular flexibility index (Phi) is 4.46. The Bertz CT molecular complexity index is 815. The van der Waals surface area contributed by atoms with Crippen molar-refractivity contribution >= 4 is 23.2 Å². The SMILES string of the molecule is CC(=O)N1CCNc2ncc(-c3ccnc(N4CCN(C)CC4)c3)cc21. The third-order valence-electron chi connectivity index (χ3n) is 5.07. The van der Waals surface area contributed by atoms with E-state index in [9.17, 15) is 4.79 Å². The van der Waals surface area contributed by atoms with E-state index in [4.69, 9.17) is 0 Å². The molecule has 0 aromatic carbocycles. The van der Waals surface area contributed by atoms with E-state index in [1.54, 1.807) is 11.8 Å². The maximum Gasteiger partial charge on any atom is 0.224 e. The zero-order valence-corrected chi connectivity index (χ0v) is 15.3. The second-order valence-electron chi connectivity index (χ2n) is 6.88. The van der Waals surface area contributed by atoms with Gasteiger partial charge >= 0.3 is 0 Å². The van der Waals surface area contributed by atoms with Gasteiger partial charge in [-0.3, -0.25) is 4.79 Å². The highest BCUT2D eigenvalue weighted by molar-refractivity contribution is 5.96. The number of rotatable bonds is 2. The molecule has 26 heavy (non-hydrogen) atoms. The van der Waals surface area contributed by atoms with E-state index < -0.39 is 0 Å². The molecule has 4 rings (SSSR count). The Morgan fingerprint density at radius 1 is 1.08 bits per heavy atom. The minimum Gasteiger partial charge on any atom is -0.367 e. The summed E-state index contributed by atoms with van der Waals surface area (Å²) in [6.07, 6.45) is 3.71. The van der Waals surface area contributed by atoms with Crippen LogP contribution in [0.5, 0.6) is 0 Å². The molecule has 4 heterocycles. The van der Waals surface area contributed by atoms with Gasteiger partial charge in [0.15, 0.2) is 0 Å². The van der Waals surface area contributed by atoms with Crippen LogP contribution in [0.15, 0.2) is 30.6 Å². The van der Waals surface area contributed by atoms with Crippen LogP contribution in [-0.2, 0) is 4.79 Å². The second kappa shape index (κ2) is 6.92. The van der Waals surface area contributed by atoms with Crippen molar-refractivity contribution in [2.75, 3.05) is 61.4 Å². The molecule has 7 heteroatoms. The Morgan fingerprint density at radius 2 is 1.88 bits per heavy atom. The summed E-state index contributed by atoms with van der Waals surface area (Å²) in [5.41, 5.74) is 2.91. The van der Waals surface area contributed by atoms with Gasteiger partial charge in [0.2, 0.25) is 5.91 Å². The van der Waals surface area contributed by atoms with E-state index in [1.165, 1.54) is 0 Å². The number of anilines is 3. The van der Waals surface area contributed by atoms with Crippen LogP contribution in [0.2, 0.25) is 0 Å². The van der Waals surface area contributed by atoms with Crippen molar-refractivity contribution in [1.29, 1.82) is 0 Å². The van der Waals surface area contributed by atoms with Crippen molar-refractivity contribution in [3.8, 4) is 11.1 Å². The van der Waals surface area contributed by atoms with E-state index in [0.29, 0.717) is 6.54 Å². The Hall–Kier alpha value is -2.67. The number of aromatic nitrogens is 2. The summed E-state index contributed by atoms with van der Waals surface area (Å²) in [7, 11) is 2.15. The third kappa shape index (κ3) is 3.22. The molecule has 0 bridgehead atoms. The van der Waals surface area contributed by atoms with Crippen molar-refractivity contribution < 1.29 is 4.79 Å². The molecule has 1 N–H and O–H groups in total. The molecule has 0 radical (unpaired) electrons. The Labute approximate surface area is 153 Å². The van der Waals surface area contributed by atoms with Gasteiger partial charge in [0.1, 0.15) is 11.6 Å². The van der Waals surface area contributed by atoms with Gasteiger partial charge in [-0.1, -0.05) is 0 Å². The molecule has 7 nitrogen and oxygen atoms in total. The van der Waals surface area contributed by atoms with Crippen LogP contribution in [0.25, 0.3) is 11.1 Å². The van der Waals surface area contributed by atoms with Crippen molar-refractivity contribution in [3.05, 3.63) is 30.6 Å². The predicted octanol–water partition coefficient (Wildman–Crippen LogP) is 1.67. The minimum absolute atomic E-state index is 0.0413. The lowest BCUT2D eigenvalue weighted by molar-refractivity contribution is -0.116. The molecule has 2 aliphatic heterocycles. The summed E-state index contributed by atoms with van der Waals surface area (Å²) in [6.45, 7) is 7.05. The molecule has 136 valence electrons. The highest BCUT2D eigenvalue weighted by Crippen LogP contribution is 2.32. The number of hydrogen-bond donors (Lipinski definition) is 1. The number of pyridine rings is 2. The summed E-state index contributed by atoms with van der Waals surface area (Å²) in [4.78, 5) is 27.5. The predicted molar refractivity (Wildman–Crippen MR) is 104 cm³/mol. The number of likely N-dealkylation sites (N-methyl/N-ethyl adjacent to an activating group) is 1. The van der Waals surface area contributed by atoms with Crippen LogP contribution < -0.4 is 15.1 Å². The molecule has 2 aromatic heterocycles. The van der Waals surface area contributed by atoms with Crippen molar-refractivity contribution in [3.63, 3.8) is 0 Å². The molecule has 0 spiro atoms. The number of carbonyl (C=O) groups is 1. The average molecular weight is 352 g/mol. The molecule has 0 saturated carbocycles. The fourth-order valence-corrected chi connectivity index (χ4v) is 3.49. The van der Waals surface area contributed by atoms with Gasteiger partial charge in [-0.2, -0.15) is 0 Å². The lowest BCUT2D eigenvalue weighted by Gasteiger charge is -2.33. The summed E-state index contributed by atoms with van der Waals surface area (Å²) in [5, 5.41) is 3.26. The smallest absolute Gasteiger partial charge is 0.224 e. The van der Waals surface area contributed by atoms with Crippen LogP contribution in [0, 0.1) is 0 Å². The van der Waals surface area contributed by atoms with Crippen LogP contribution in [0.1, 0.15) is 6.92 Å². The first-order valence-electron chi connectivity index (χ1n) is 9.04. The van der Waals surface area contributed by atoms with Gasteiger partial charge in [0.25, 0.3) is 0 Å². The lowest BCUT2D eigenvalue weighted by atomic mass is 10.1. The zero-order valence-electron chi connectivity index (χ0n) is 15.3. The van der Waals surface area contributed by atoms with E-state index in [-0.39, 0.29) is 5.91 Å². The van der Waals surface area contributed by atoms with E-state index in [0.717, 1.165) is 61.2 Å².